The van der Waals surface area contributed by atoms with E-state index in [4.69, 9.17) is 9.84 Å². The molecule has 1 amide bonds. The van der Waals surface area contributed by atoms with Gasteiger partial charge in [0.2, 0.25) is 0 Å². The SMILES string of the molecule is CSc1ccc(NC(=O)O[C@H](c2ccc(O)c3ccccc23)[C@H](C)/C=C/C(=O)O)cc1. The molecular formula is C24H23NO5S. The standard InChI is InChI=1S/C24H23NO5S/c1-15(7-14-22(27)28)23(20-12-13-21(26)19-6-4-3-5-18(19)20)30-24(29)25-16-8-10-17(31-2)11-9-16/h3-15,23,26H,1-2H3,(H,25,29)(H,27,28)/b14-7+/t15-,23+/m1/s1. The number of carbonyl (C=O) groups excluding carboxylic acids is 1. The van der Waals surface area contributed by atoms with Gasteiger partial charge in [-0.05, 0) is 42.0 Å². The number of nitrogens with one attached hydrogen (secondary N) is 1. The van der Waals surface area contributed by atoms with Gasteiger partial charge in [0.25, 0.3) is 0 Å². The predicted octanol–water partition coefficient (Wildman–Crippen LogP) is 5.83. The Kier molecular flexibility index (Phi) is 7.20. The van der Waals surface area contributed by atoms with Crippen molar-refractivity contribution < 1.29 is 24.5 Å². The molecule has 3 aromatic rings. The van der Waals surface area contributed by atoms with Crippen molar-refractivity contribution in [3.8, 4) is 5.75 Å². The Morgan fingerprint density at radius 2 is 1.71 bits per heavy atom. The summed E-state index contributed by atoms with van der Waals surface area (Å²) in [5.41, 5.74) is 1.26. The molecule has 0 saturated heterocycles. The second-order valence-corrected chi connectivity index (χ2v) is 7.84. The number of rotatable bonds is 7. The number of thioether (sulfide) groups is 1. The van der Waals surface area contributed by atoms with Gasteiger partial charge in [-0.2, -0.15) is 0 Å². The van der Waals surface area contributed by atoms with E-state index < -0.39 is 24.1 Å². The highest BCUT2D eigenvalue weighted by atomic mass is 32.2. The molecule has 3 N–H and O–H groups in total. The topological polar surface area (TPSA) is 95.9 Å². The summed E-state index contributed by atoms with van der Waals surface area (Å²) in [5, 5.41) is 23.3. The van der Waals surface area contributed by atoms with E-state index in [2.05, 4.69) is 5.32 Å². The van der Waals surface area contributed by atoms with E-state index in [1.165, 1.54) is 6.08 Å². The summed E-state index contributed by atoms with van der Waals surface area (Å²) < 4.78 is 5.76. The average molecular weight is 438 g/mol. The number of anilines is 1. The van der Waals surface area contributed by atoms with Gasteiger partial charge in [-0.1, -0.05) is 43.3 Å². The van der Waals surface area contributed by atoms with Crippen LogP contribution < -0.4 is 5.32 Å². The number of carboxylic acids is 1. The molecule has 0 saturated carbocycles. The third kappa shape index (κ3) is 5.58. The van der Waals surface area contributed by atoms with Crippen molar-refractivity contribution in [2.24, 2.45) is 5.92 Å². The fourth-order valence-electron chi connectivity index (χ4n) is 3.28. The molecule has 0 spiro atoms. The summed E-state index contributed by atoms with van der Waals surface area (Å²) in [6.07, 6.45) is 3.05. The van der Waals surface area contributed by atoms with E-state index in [1.54, 1.807) is 55.1 Å². The number of aromatic hydroxyl groups is 1. The quantitative estimate of drug-likeness (QED) is 0.318. The van der Waals surface area contributed by atoms with Gasteiger partial charge in [0, 0.05) is 33.5 Å². The van der Waals surface area contributed by atoms with Crippen molar-refractivity contribution >= 4 is 40.3 Å². The molecule has 0 radical (unpaired) electrons. The van der Waals surface area contributed by atoms with Gasteiger partial charge < -0.3 is 14.9 Å². The minimum atomic E-state index is -1.08. The van der Waals surface area contributed by atoms with Crippen LogP contribution in [0.15, 0.2) is 77.7 Å². The van der Waals surface area contributed by atoms with Crippen LogP contribution in [0.3, 0.4) is 0 Å². The number of benzene rings is 3. The fraction of sp³-hybridized carbons (Fsp3) is 0.167. The number of fused-ring (bicyclic) bond motifs is 1. The lowest BCUT2D eigenvalue weighted by molar-refractivity contribution is -0.131. The lowest BCUT2D eigenvalue weighted by atomic mass is 9.92. The summed E-state index contributed by atoms with van der Waals surface area (Å²) in [4.78, 5) is 24.7. The largest absolute Gasteiger partial charge is 0.507 e. The van der Waals surface area contributed by atoms with Crippen LogP contribution in [0.5, 0.6) is 5.75 Å². The maximum absolute atomic E-state index is 12.7. The molecule has 160 valence electrons. The average Bonchev–Trinajstić information content (AvgIpc) is 2.77. The first kappa shape index (κ1) is 22.2. The van der Waals surface area contributed by atoms with Crippen LogP contribution in [0, 0.1) is 5.92 Å². The lowest BCUT2D eigenvalue weighted by Crippen LogP contribution is -2.21. The molecule has 7 heteroatoms. The lowest BCUT2D eigenvalue weighted by Gasteiger charge is -2.24. The molecular weight excluding hydrogens is 414 g/mol. The molecule has 0 aliphatic heterocycles. The zero-order valence-corrected chi connectivity index (χ0v) is 17.9. The van der Waals surface area contributed by atoms with Crippen molar-refractivity contribution in [1.82, 2.24) is 0 Å². The highest BCUT2D eigenvalue weighted by Gasteiger charge is 2.25. The molecule has 0 aliphatic carbocycles. The Hall–Kier alpha value is -3.45. The molecule has 3 aromatic carbocycles. The molecule has 3 rings (SSSR count). The van der Waals surface area contributed by atoms with E-state index in [0.29, 0.717) is 16.6 Å². The monoisotopic (exact) mass is 437 g/mol. The van der Waals surface area contributed by atoms with Crippen molar-refractivity contribution in [1.29, 1.82) is 0 Å². The van der Waals surface area contributed by atoms with Crippen molar-refractivity contribution in [3.63, 3.8) is 0 Å². The minimum absolute atomic E-state index is 0.116. The third-order valence-electron chi connectivity index (χ3n) is 4.83. The van der Waals surface area contributed by atoms with E-state index in [1.807, 2.05) is 30.5 Å². The number of phenolic OH excluding ortho intramolecular Hbond substituents is 1. The summed E-state index contributed by atoms with van der Waals surface area (Å²) in [5.74, 6) is -1.40. The molecule has 31 heavy (non-hydrogen) atoms. The van der Waals surface area contributed by atoms with Crippen molar-refractivity contribution in [2.75, 3.05) is 11.6 Å². The number of hydrogen-bond acceptors (Lipinski definition) is 5. The van der Waals surface area contributed by atoms with Crippen LogP contribution >= 0.6 is 11.8 Å². The van der Waals surface area contributed by atoms with Gasteiger partial charge >= 0.3 is 12.1 Å². The highest BCUT2D eigenvalue weighted by Crippen LogP contribution is 2.36. The Morgan fingerprint density at radius 1 is 1.03 bits per heavy atom. The first-order valence-corrected chi connectivity index (χ1v) is 10.8. The Balaban J connectivity index is 1.92. The molecule has 0 aliphatic rings. The number of carbonyl (C=O) groups is 2. The molecule has 2 atom stereocenters. The third-order valence-corrected chi connectivity index (χ3v) is 5.58. The zero-order valence-electron chi connectivity index (χ0n) is 17.1. The minimum Gasteiger partial charge on any atom is -0.507 e. The number of carboxylic acid groups (broad SMARTS) is 1. The van der Waals surface area contributed by atoms with Crippen molar-refractivity contribution in [3.05, 3.63) is 78.4 Å². The van der Waals surface area contributed by atoms with Crippen LogP contribution in [0.4, 0.5) is 10.5 Å². The number of amides is 1. The second-order valence-electron chi connectivity index (χ2n) is 6.96. The molecule has 6 nitrogen and oxygen atoms in total. The molecule has 0 aromatic heterocycles. The number of hydrogen-bond donors (Lipinski definition) is 3. The summed E-state index contributed by atoms with van der Waals surface area (Å²) in [6.45, 7) is 1.77. The van der Waals surface area contributed by atoms with Crippen LogP contribution in [-0.4, -0.2) is 28.5 Å². The Bertz CT molecular complexity index is 1110. The summed E-state index contributed by atoms with van der Waals surface area (Å²) in [7, 11) is 0. The molecule has 0 fully saturated rings. The van der Waals surface area contributed by atoms with E-state index in [0.717, 1.165) is 16.4 Å². The van der Waals surface area contributed by atoms with Crippen LogP contribution in [0.2, 0.25) is 0 Å². The van der Waals surface area contributed by atoms with Crippen molar-refractivity contribution in [2.45, 2.75) is 17.9 Å². The first-order valence-electron chi connectivity index (χ1n) is 9.62. The zero-order chi connectivity index (χ0) is 22.4. The van der Waals surface area contributed by atoms with Gasteiger partial charge in [-0.15, -0.1) is 11.8 Å². The predicted molar refractivity (Wildman–Crippen MR) is 123 cm³/mol. The normalized spacial score (nSPS) is 13.1. The molecule has 0 heterocycles. The maximum atomic E-state index is 12.7. The van der Waals surface area contributed by atoms with E-state index in [-0.39, 0.29) is 5.75 Å². The Labute approximate surface area is 184 Å². The van der Waals surface area contributed by atoms with Gasteiger partial charge in [-0.3, -0.25) is 5.32 Å². The maximum Gasteiger partial charge on any atom is 0.412 e. The van der Waals surface area contributed by atoms with E-state index in [9.17, 15) is 14.7 Å². The number of aliphatic carboxylic acids is 1. The van der Waals surface area contributed by atoms with Crippen LogP contribution in [-0.2, 0) is 9.53 Å². The Morgan fingerprint density at radius 3 is 2.35 bits per heavy atom. The fourth-order valence-corrected chi connectivity index (χ4v) is 3.69. The van der Waals surface area contributed by atoms with E-state index >= 15 is 0 Å². The van der Waals surface area contributed by atoms with Crippen LogP contribution in [0.25, 0.3) is 10.8 Å². The number of ether oxygens (including phenoxy) is 1. The molecule has 0 unspecified atom stereocenters. The van der Waals surface area contributed by atoms with Crippen LogP contribution in [0.1, 0.15) is 18.6 Å². The smallest absolute Gasteiger partial charge is 0.412 e. The summed E-state index contributed by atoms with van der Waals surface area (Å²) >= 11 is 1.60. The highest BCUT2D eigenvalue weighted by molar-refractivity contribution is 7.98. The van der Waals surface area contributed by atoms with Gasteiger partial charge in [-0.25, -0.2) is 9.59 Å². The molecule has 0 bridgehead atoms. The van der Waals surface area contributed by atoms with Gasteiger partial charge in [0.1, 0.15) is 11.9 Å². The number of phenols is 1. The second kappa shape index (κ2) is 10.0. The summed E-state index contributed by atoms with van der Waals surface area (Å²) in [6, 6.07) is 17.8. The van der Waals surface area contributed by atoms with Gasteiger partial charge in [0.05, 0.1) is 0 Å². The first-order chi connectivity index (χ1) is 14.9. The van der Waals surface area contributed by atoms with Gasteiger partial charge in [0.15, 0.2) is 0 Å².